The lowest BCUT2D eigenvalue weighted by Gasteiger charge is -2.51. The molecular formula is C23H23F6N3O4S. The van der Waals surface area contributed by atoms with Gasteiger partial charge < -0.3 is 9.47 Å². The third kappa shape index (κ3) is 4.76. The molecule has 0 saturated carbocycles. The zero-order valence-electron chi connectivity index (χ0n) is 19.7. The van der Waals surface area contributed by atoms with Crippen LogP contribution in [0.4, 0.5) is 26.3 Å². The summed E-state index contributed by atoms with van der Waals surface area (Å²) in [5.74, 6) is -2.46. The number of hydrogen-bond acceptors (Lipinski definition) is 5. The van der Waals surface area contributed by atoms with E-state index in [0.29, 0.717) is 18.5 Å². The van der Waals surface area contributed by atoms with Crippen LogP contribution in [0.5, 0.6) is 0 Å². The summed E-state index contributed by atoms with van der Waals surface area (Å²) in [7, 11) is -5.55. The molecule has 0 aliphatic carbocycles. The Morgan fingerprint density at radius 3 is 2.00 bits per heavy atom. The highest BCUT2D eigenvalue weighted by atomic mass is 32.2. The lowest BCUT2D eigenvalue weighted by molar-refractivity contribution is -0.0892. The number of likely N-dealkylation sites (tertiary alicyclic amines) is 1. The average molecular weight is 552 g/mol. The lowest BCUT2D eigenvalue weighted by atomic mass is 9.79. The zero-order valence-corrected chi connectivity index (χ0v) is 20.5. The van der Waals surface area contributed by atoms with Crippen molar-refractivity contribution in [1.82, 2.24) is 14.8 Å². The maximum absolute atomic E-state index is 13.1. The molecule has 0 bridgehead atoms. The molecule has 0 radical (unpaired) electrons. The number of hydrogen-bond donors (Lipinski definition) is 1. The fraction of sp³-hybridized carbons (Fsp3) is 0.478. The van der Waals surface area contributed by atoms with Crippen LogP contribution in [0.2, 0.25) is 0 Å². The number of piperidine rings is 1. The number of benzene rings is 1. The van der Waals surface area contributed by atoms with E-state index in [-0.39, 0.29) is 25.2 Å². The van der Waals surface area contributed by atoms with Crippen LogP contribution in [-0.4, -0.2) is 59.9 Å². The van der Waals surface area contributed by atoms with Gasteiger partial charge in [-0.05, 0) is 63.1 Å². The van der Waals surface area contributed by atoms with Crippen LogP contribution in [0.1, 0.15) is 53.2 Å². The SMILES string of the molecule is CC1(C)Cn2c(C(=O)C(F)(F)F)ccc2C2(CCN(C(=O)c3ccc(S(=O)(=O)C(F)(F)F)cc3)CC2)N1. The van der Waals surface area contributed by atoms with Gasteiger partial charge in [0.15, 0.2) is 0 Å². The fourth-order valence-electron chi connectivity index (χ4n) is 5.11. The van der Waals surface area contributed by atoms with Gasteiger partial charge in [0.05, 0.1) is 16.1 Å². The van der Waals surface area contributed by atoms with E-state index >= 15 is 0 Å². The summed E-state index contributed by atoms with van der Waals surface area (Å²) in [4.78, 5) is 25.4. The Labute approximate surface area is 208 Å². The number of fused-ring (bicyclic) bond motifs is 2. The number of carbonyl (C=O) groups is 2. The van der Waals surface area contributed by atoms with E-state index in [1.807, 2.05) is 0 Å². The van der Waals surface area contributed by atoms with Crippen molar-refractivity contribution in [3.63, 3.8) is 0 Å². The summed E-state index contributed by atoms with van der Waals surface area (Å²) in [5, 5.41) is 3.47. The Morgan fingerprint density at radius 2 is 1.49 bits per heavy atom. The topological polar surface area (TPSA) is 88.5 Å². The number of halogens is 6. The first-order chi connectivity index (χ1) is 16.9. The van der Waals surface area contributed by atoms with Gasteiger partial charge in [0.25, 0.3) is 21.5 Å². The molecule has 1 fully saturated rings. The minimum Gasteiger partial charge on any atom is -0.338 e. The van der Waals surface area contributed by atoms with Gasteiger partial charge in [-0.25, -0.2) is 8.42 Å². The van der Waals surface area contributed by atoms with Crippen molar-refractivity contribution in [3.05, 3.63) is 53.3 Å². The number of carbonyl (C=O) groups excluding carboxylic acids is 2. The van der Waals surface area contributed by atoms with Crippen LogP contribution < -0.4 is 5.32 Å². The molecule has 1 aromatic heterocycles. The summed E-state index contributed by atoms with van der Waals surface area (Å²) >= 11 is 0. The minimum atomic E-state index is -5.55. The van der Waals surface area contributed by atoms with Crippen LogP contribution in [0, 0.1) is 0 Å². The second kappa shape index (κ2) is 8.58. The van der Waals surface area contributed by atoms with Crippen molar-refractivity contribution in [3.8, 4) is 0 Å². The van der Waals surface area contributed by atoms with E-state index in [1.54, 1.807) is 13.8 Å². The number of Topliss-reactive ketones (excluding diaryl/α,β-unsaturated/α-hetero) is 1. The molecular weight excluding hydrogens is 528 g/mol. The number of alkyl halides is 6. The summed E-state index contributed by atoms with van der Waals surface area (Å²) < 4.78 is 102. The smallest absolute Gasteiger partial charge is 0.338 e. The Balaban J connectivity index is 1.55. The van der Waals surface area contributed by atoms with Crippen molar-refractivity contribution >= 4 is 21.5 Å². The molecule has 2 aliphatic rings. The van der Waals surface area contributed by atoms with Gasteiger partial charge in [0, 0.05) is 36.4 Å². The standard InChI is InChI=1S/C23H23F6N3O4S/c1-20(2)13-32-16(18(33)22(24,25)26)7-8-17(32)21(30-20)9-11-31(12-10-21)19(34)14-3-5-15(6-4-14)37(35,36)23(27,28)29/h3-8,30H,9-13H2,1-2H3. The maximum atomic E-state index is 13.1. The third-order valence-electron chi connectivity index (χ3n) is 6.71. The maximum Gasteiger partial charge on any atom is 0.501 e. The monoisotopic (exact) mass is 551 g/mol. The van der Waals surface area contributed by atoms with Gasteiger partial charge in [-0.15, -0.1) is 0 Å². The van der Waals surface area contributed by atoms with Crippen LogP contribution in [-0.2, 0) is 21.9 Å². The zero-order chi connectivity index (χ0) is 27.6. The second-order valence-corrected chi connectivity index (χ2v) is 11.8. The van der Waals surface area contributed by atoms with Crippen LogP contribution >= 0.6 is 0 Å². The highest BCUT2D eigenvalue weighted by Gasteiger charge is 2.49. The quantitative estimate of drug-likeness (QED) is 0.460. The summed E-state index contributed by atoms with van der Waals surface area (Å²) in [6, 6.07) is 6.10. The predicted molar refractivity (Wildman–Crippen MR) is 119 cm³/mol. The van der Waals surface area contributed by atoms with Crippen LogP contribution in [0.3, 0.4) is 0 Å². The van der Waals surface area contributed by atoms with Crippen molar-refractivity contribution in [2.45, 2.75) is 60.9 Å². The van der Waals surface area contributed by atoms with Gasteiger partial charge in [-0.2, -0.15) is 26.3 Å². The highest BCUT2D eigenvalue weighted by molar-refractivity contribution is 7.92. The predicted octanol–water partition coefficient (Wildman–Crippen LogP) is 4.04. The molecule has 4 rings (SSSR count). The average Bonchev–Trinajstić information content (AvgIpc) is 3.20. The van der Waals surface area contributed by atoms with E-state index in [0.717, 1.165) is 30.3 Å². The second-order valence-electron chi connectivity index (χ2n) is 9.87. The van der Waals surface area contributed by atoms with E-state index in [4.69, 9.17) is 0 Å². The third-order valence-corrected chi connectivity index (χ3v) is 8.21. The van der Waals surface area contributed by atoms with Gasteiger partial charge in [-0.3, -0.25) is 14.9 Å². The molecule has 0 atom stereocenters. The van der Waals surface area contributed by atoms with E-state index < -0.39 is 54.9 Å². The first-order valence-corrected chi connectivity index (χ1v) is 12.7. The number of amides is 1. The van der Waals surface area contributed by atoms with Crippen molar-refractivity contribution < 1.29 is 44.3 Å². The Bertz CT molecular complexity index is 1340. The normalized spacial score (nSPS) is 19.5. The van der Waals surface area contributed by atoms with Crippen LogP contribution in [0.15, 0.2) is 41.3 Å². The molecule has 1 aromatic carbocycles. The minimum absolute atomic E-state index is 0.00422. The number of nitrogens with zero attached hydrogens (tertiary/aromatic N) is 2. The summed E-state index contributed by atoms with van der Waals surface area (Å²) in [6.45, 7) is 4.06. The van der Waals surface area contributed by atoms with Crippen molar-refractivity contribution in [1.29, 1.82) is 0 Å². The summed E-state index contributed by atoms with van der Waals surface area (Å²) in [5.41, 5.74) is -6.90. The van der Waals surface area contributed by atoms with E-state index in [9.17, 15) is 44.3 Å². The lowest BCUT2D eigenvalue weighted by Crippen LogP contribution is -2.63. The molecule has 7 nitrogen and oxygen atoms in total. The first-order valence-electron chi connectivity index (χ1n) is 11.2. The number of sulfone groups is 1. The number of nitrogens with one attached hydrogen (secondary N) is 1. The highest BCUT2D eigenvalue weighted by Crippen LogP contribution is 2.41. The first kappa shape index (κ1) is 27.2. The Hall–Kier alpha value is -2.87. The molecule has 37 heavy (non-hydrogen) atoms. The molecule has 1 saturated heterocycles. The molecule has 1 amide bonds. The Kier molecular flexibility index (Phi) is 6.30. The number of ketones is 1. The van der Waals surface area contributed by atoms with Gasteiger partial charge in [0.1, 0.15) is 0 Å². The van der Waals surface area contributed by atoms with Crippen LogP contribution in [0.25, 0.3) is 0 Å². The molecule has 1 N–H and O–H groups in total. The number of rotatable bonds is 3. The molecule has 14 heteroatoms. The van der Waals surface area contributed by atoms with Gasteiger partial charge in [-0.1, -0.05) is 0 Å². The van der Waals surface area contributed by atoms with Crippen molar-refractivity contribution in [2.75, 3.05) is 13.1 Å². The molecule has 0 unspecified atom stereocenters. The summed E-state index contributed by atoms with van der Waals surface area (Å²) in [6.07, 6.45) is -4.43. The molecule has 2 aliphatic heterocycles. The molecule has 3 heterocycles. The van der Waals surface area contributed by atoms with Crippen molar-refractivity contribution in [2.24, 2.45) is 0 Å². The van der Waals surface area contributed by atoms with E-state index in [1.165, 1.54) is 15.5 Å². The fourth-order valence-corrected chi connectivity index (χ4v) is 5.87. The van der Waals surface area contributed by atoms with E-state index in [2.05, 4.69) is 5.32 Å². The largest absolute Gasteiger partial charge is 0.501 e. The number of aromatic nitrogens is 1. The molecule has 202 valence electrons. The Morgan fingerprint density at radius 1 is 0.919 bits per heavy atom. The molecule has 2 aromatic rings. The van der Waals surface area contributed by atoms with Gasteiger partial charge in [0.2, 0.25) is 0 Å². The molecule has 1 spiro atoms. The van der Waals surface area contributed by atoms with Gasteiger partial charge >= 0.3 is 11.7 Å².